The maximum absolute atomic E-state index is 13.3. The van der Waals surface area contributed by atoms with Crippen molar-refractivity contribution in [2.75, 3.05) is 0 Å². The zero-order valence-electron chi connectivity index (χ0n) is 15.4. The number of amides is 2. The second-order valence-electron chi connectivity index (χ2n) is 6.86. The molecule has 2 aromatic rings. The van der Waals surface area contributed by atoms with Crippen LogP contribution in [-0.4, -0.2) is 44.4 Å². The zero-order chi connectivity index (χ0) is 19.7. The first-order chi connectivity index (χ1) is 13.5. The molecule has 6 nitrogen and oxygen atoms in total. The molecule has 3 unspecified atom stereocenters. The Hall–Kier alpha value is -2.80. The Balaban J connectivity index is 1.66. The van der Waals surface area contributed by atoms with Gasteiger partial charge >= 0.3 is 12.0 Å². The maximum Gasteiger partial charge on any atom is 0.321 e. The minimum absolute atomic E-state index is 0.143. The summed E-state index contributed by atoms with van der Waals surface area (Å²) in [6.45, 7) is 2.02. The molecular weight excluding hydrogens is 376 g/mol. The number of hydrogen-bond donors (Lipinski definition) is 0. The molecule has 2 heterocycles. The number of nitrogens with zero attached hydrogens (tertiary/aromatic N) is 2. The Labute approximate surface area is 167 Å². The van der Waals surface area contributed by atoms with Gasteiger partial charge in [0, 0.05) is 20.0 Å². The van der Waals surface area contributed by atoms with Crippen LogP contribution < -0.4 is 0 Å². The van der Waals surface area contributed by atoms with Crippen LogP contribution in [0.2, 0.25) is 0 Å². The number of carbonyl (C=O) groups is 3. The molecule has 3 atom stereocenters. The van der Waals surface area contributed by atoms with Crippen LogP contribution in [0.25, 0.3) is 0 Å². The smallest absolute Gasteiger partial charge is 0.321 e. The lowest BCUT2D eigenvalue weighted by Gasteiger charge is -2.26. The lowest BCUT2D eigenvalue weighted by Crippen LogP contribution is -2.42. The van der Waals surface area contributed by atoms with Crippen LogP contribution in [0, 0.1) is 0 Å². The largest absolute Gasteiger partial charge is 0.449 e. The first-order valence-electron chi connectivity index (χ1n) is 9.07. The van der Waals surface area contributed by atoms with Crippen molar-refractivity contribution in [3.8, 4) is 0 Å². The Morgan fingerprint density at radius 2 is 1.46 bits per heavy atom. The van der Waals surface area contributed by atoms with Crippen LogP contribution in [0.4, 0.5) is 4.79 Å². The molecule has 0 aromatic heterocycles. The molecule has 2 saturated heterocycles. The SMILES string of the molecule is CC(=O)OC1SC(=O)C2C1N(Cc1ccccc1)C(=O)N2Cc1ccccc1. The van der Waals surface area contributed by atoms with Crippen molar-refractivity contribution >= 4 is 28.9 Å². The second-order valence-corrected chi connectivity index (χ2v) is 7.96. The third kappa shape index (κ3) is 3.49. The van der Waals surface area contributed by atoms with Gasteiger partial charge in [-0.3, -0.25) is 9.59 Å². The van der Waals surface area contributed by atoms with Crippen LogP contribution >= 0.6 is 11.8 Å². The van der Waals surface area contributed by atoms with Gasteiger partial charge in [0.1, 0.15) is 12.1 Å². The highest BCUT2D eigenvalue weighted by Crippen LogP contribution is 2.42. The van der Waals surface area contributed by atoms with Gasteiger partial charge < -0.3 is 14.5 Å². The summed E-state index contributed by atoms with van der Waals surface area (Å²) in [7, 11) is 0. The van der Waals surface area contributed by atoms with Crippen LogP contribution in [0.3, 0.4) is 0 Å². The average Bonchev–Trinajstić information content (AvgIpc) is 3.13. The van der Waals surface area contributed by atoms with E-state index < -0.39 is 23.5 Å². The Morgan fingerprint density at radius 3 is 2.00 bits per heavy atom. The summed E-state index contributed by atoms with van der Waals surface area (Å²) in [4.78, 5) is 40.8. The van der Waals surface area contributed by atoms with Gasteiger partial charge in [0.25, 0.3) is 0 Å². The first-order valence-corrected chi connectivity index (χ1v) is 9.95. The first kappa shape index (κ1) is 18.6. The average molecular weight is 396 g/mol. The summed E-state index contributed by atoms with van der Waals surface area (Å²) < 4.78 is 5.39. The van der Waals surface area contributed by atoms with E-state index in [0.29, 0.717) is 13.1 Å². The van der Waals surface area contributed by atoms with Crippen LogP contribution in [0.5, 0.6) is 0 Å². The van der Waals surface area contributed by atoms with E-state index >= 15 is 0 Å². The lowest BCUT2D eigenvalue weighted by molar-refractivity contribution is -0.144. The van der Waals surface area contributed by atoms with Gasteiger partial charge in [0.05, 0.1) is 0 Å². The fraction of sp³-hybridized carbons (Fsp3) is 0.286. The van der Waals surface area contributed by atoms with E-state index in [1.807, 2.05) is 60.7 Å². The van der Waals surface area contributed by atoms with Gasteiger partial charge in [0.2, 0.25) is 5.12 Å². The predicted molar refractivity (Wildman–Crippen MR) is 105 cm³/mol. The molecule has 7 heteroatoms. The number of hydrogen-bond acceptors (Lipinski definition) is 5. The highest BCUT2D eigenvalue weighted by Gasteiger charge is 2.59. The van der Waals surface area contributed by atoms with Crippen molar-refractivity contribution < 1.29 is 19.1 Å². The second kappa shape index (κ2) is 7.67. The molecule has 2 aliphatic rings. The number of thioether (sulfide) groups is 1. The van der Waals surface area contributed by atoms with Gasteiger partial charge in [-0.2, -0.15) is 0 Å². The van der Waals surface area contributed by atoms with Gasteiger partial charge in [-0.1, -0.05) is 60.7 Å². The van der Waals surface area contributed by atoms with E-state index in [1.165, 1.54) is 6.92 Å². The summed E-state index contributed by atoms with van der Waals surface area (Å²) in [5, 5.41) is -0.143. The Kier molecular flexibility index (Phi) is 5.09. The molecule has 0 saturated carbocycles. The quantitative estimate of drug-likeness (QED) is 0.574. The normalized spacial score (nSPS) is 23.8. The van der Waals surface area contributed by atoms with Crippen molar-refractivity contribution in [3.05, 3.63) is 71.8 Å². The highest BCUT2D eigenvalue weighted by atomic mass is 32.2. The zero-order valence-corrected chi connectivity index (χ0v) is 16.2. The highest BCUT2D eigenvalue weighted by molar-refractivity contribution is 8.14. The van der Waals surface area contributed by atoms with Gasteiger partial charge in [-0.25, -0.2) is 4.79 Å². The summed E-state index contributed by atoms with van der Waals surface area (Å²) in [5.41, 5.74) is 1.22. The van der Waals surface area contributed by atoms with E-state index in [2.05, 4.69) is 0 Å². The number of benzene rings is 2. The van der Waals surface area contributed by atoms with Crippen LogP contribution in [-0.2, 0) is 27.4 Å². The van der Waals surface area contributed by atoms with Gasteiger partial charge in [-0.15, -0.1) is 0 Å². The number of ether oxygens (including phenoxy) is 1. The fourth-order valence-corrected chi connectivity index (χ4v) is 4.99. The van der Waals surface area contributed by atoms with Crippen molar-refractivity contribution in [2.24, 2.45) is 0 Å². The molecule has 2 fully saturated rings. The number of urea groups is 1. The van der Waals surface area contributed by atoms with Crippen molar-refractivity contribution in [3.63, 3.8) is 0 Å². The molecule has 0 N–H and O–H groups in total. The molecule has 0 radical (unpaired) electrons. The number of rotatable bonds is 5. The lowest BCUT2D eigenvalue weighted by atomic mass is 10.1. The third-order valence-electron chi connectivity index (χ3n) is 4.94. The topological polar surface area (TPSA) is 66.9 Å². The van der Waals surface area contributed by atoms with Crippen LogP contribution in [0.1, 0.15) is 18.1 Å². The van der Waals surface area contributed by atoms with E-state index in [-0.39, 0.29) is 11.1 Å². The summed E-state index contributed by atoms with van der Waals surface area (Å²) in [6, 6.07) is 17.8. The standard InChI is InChI=1S/C21H20N2O4S/c1-14(24)27-20-18-17(19(25)28-20)22(12-15-8-4-2-5-9-15)21(26)23(18)13-16-10-6-3-7-11-16/h2-11,17-18,20H,12-13H2,1H3. The molecule has 28 heavy (non-hydrogen) atoms. The van der Waals surface area contributed by atoms with E-state index in [9.17, 15) is 14.4 Å². The summed E-state index contributed by atoms with van der Waals surface area (Å²) in [5.74, 6) is -0.459. The molecule has 2 aliphatic heterocycles. The molecule has 4 rings (SSSR count). The predicted octanol–water partition coefficient (Wildman–Crippen LogP) is 3.02. The van der Waals surface area contributed by atoms with E-state index in [0.717, 1.165) is 22.9 Å². The molecule has 2 aromatic carbocycles. The number of carbonyl (C=O) groups excluding carboxylic acids is 3. The van der Waals surface area contributed by atoms with E-state index in [4.69, 9.17) is 4.74 Å². The monoisotopic (exact) mass is 396 g/mol. The minimum atomic E-state index is -0.691. The molecule has 0 spiro atoms. The molecule has 2 amide bonds. The summed E-state index contributed by atoms with van der Waals surface area (Å²) >= 11 is 0.999. The number of esters is 1. The molecular formula is C21H20N2O4S. The molecule has 144 valence electrons. The minimum Gasteiger partial charge on any atom is -0.449 e. The molecule has 0 aliphatic carbocycles. The van der Waals surface area contributed by atoms with Crippen LogP contribution in [0.15, 0.2) is 60.7 Å². The number of fused-ring (bicyclic) bond motifs is 1. The Morgan fingerprint density at radius 1 is 0.929 bits per heavy atom. The maximum atomic E-state index is 13.3. The van der Waals surface area contributed by atoms with Gasteiger partial charge in [0.15, 0.2) is 5.44 Å². The van der Waals surface area contributed by atoms with E-state index in [1.54, 1.807) is 9.80 Å². The van der Waals surface area contributed by atoms with Crippen molar-refractivity contribution in [2.45, 2.75) is 37.5 Å². The van der Waals surface area contributed by atoms with Gasteiger partial charge in [-0.05, 0) is 22.9 Å². The Bertz CT molecular complexity index is 890. The third-order valence-corrected chi connectivity index (χ3v) is 6.02. The molecule has 0 bridgehead atoms. The van der Waals surface area contributed by atoms with Crippen molar-refractivity contribution in [1.29, 1.82) is 0 Å². The van der Waals surface area contributed by atoms with Crippen molar-refractivity contribution in [1.82, 2.24) is 9.80 Å². The fourth-order valence-electron chi connectivity index (χ4n) is 3.74. The summed E-state index contributed by atoms with van der Waals surface area (Å²) in [6.07, 6.45) is 0.